The number of nitriles is 2. The highest BCUT2D eigenvalue weighted by Crippen LogP contribution is 1.98. The van der Waals surface area contributed by atoms with Gasteiger partial charge in [-0.1, -0.05) is 0 Å². The van der Waals surface area contributed by atoms with E-state index in [0.29, 0.717) is 39.5 Å². The van der Waals surface area contributed by atoms with E-state index < -0.39 is 0 Å². The summed E-state index contributed by atoms with van der Waals surface area (Å²) < 4.78 is 16.9. The fourth-order valence-electron chi connectivity index (χ4n) is 1.67. The molecule has 23 heavy (non-hydrogen) atoms. The summed E-state index contributed by atoms with van der Waals surface area (Å²) in [4.78, 5) is 0. The largest absolute Gasteiger partial charge is 0.376 e. The third-order valence-electron chi connectivity index (χ3n) is 3.03. The maximum atomic E-state index is 8.48. The Morgan fingerprint density at radius 3 is 1.48 bits per heavy atom. The number of rotatable bonds is 14. The zero-order valence-corrected chi connectivity index (χ0v) is 14.7. The van der Waals surface area contributed by atoms with Gasteiger partial charge < -0.3 is 14.2 Å². The van der Waals surface area contributed by atoms with Gasteiger partial charge in [-0.3, -0.25) is 10.6 Å². The van der Waals surface area contributed by atoms with Gasteiger partial charge in [-0.25, -0.2) is 0 Å². The molecule has 0 aliphatic carbocycles. The first kappa shape index (κ1) is 21.8. The van der Waals surface area contributed by atoms with E-state index in [1.807, 2.05) is 39.8 Å². The Morgan fingerprint density at radius 2 is 1.13 bits per heavy atom. The second kappa shape index (κ2) is 14.4. The molecule has 4 unspecified atom stereocenters. The van der Waals surface area contributed by atoms with E-state index in [9.17, 15) is 0 Å². The quantitative estimate of drug-likeness (QED) is 0.456. The minimum absolute atomic E-state index is 0.00949. The molecule has 0 radical (unpaired) electrons. The van der Waals surface area contributed by atoms with Crippen LogP contribution in [-0.4, -0.2) is 63.8 Å². The number of ether oxygens (including phenoxy) is 3. The topological polar surface area (TPSA) is 99.3 Å². The molecule has 0 aromatic carbocycles. The molecule has 7 nitrogen and oxygen atoms in total. The van der Waals surface area contributed by atoms with Crippen molar-refractivity contribution in [3.05, 3.63) is 0 Å². The summed E-state index contributed by atoms with van der Waals surface area (Å²) in [6, 6.07) is 4.36. The van der Waals surface area contributed by atoms with Crippen molar-refractivity contribution < 1.29 is 14.2 Å². The fraction of sp³-hybridized carbons (Fsp3) is 0.875. The summed E-state index contributed by atoms with van der Waals surface area (Å²) in [5.41, 5.74) is 0. The van der Waals surface area contributed by atoms with Crippen molar-refractivity contribution >= 4 is 0 Å². The van der Waals surface area contributed by atoms with Crippen LogP contribution in [0.5, 0.6) is 0 Å². The van der Waals surface area contributed by atoms with Gasteiger partial charge in [0.05, 0.1) is 63.9 Å². The predicted octanol–water partition coefficient (Wildman–Crippen LogP) is 0.817. The van der Waals surface area contributed by atoms with Gasteiger partial charge in [0, 0.05) is 12.1 Å². The highest BCUT2D eigenvalue weighted by molar-refractivity contribution is 4.76. The average Bonchev–Trinajstić information content (AvgIpc) is 2.54. The van der Waals surface area contributed by atoms with Crippen molar-refractivity contribution in [3.8, 4) is 12.1 Å². The van der Waals surface area contributed by atoms with Crippen LogP contribution in [0.4, 0.5) is 0 Å². The molecule has 7 heteroatoms. The molecule has 132 valence electrons. The van der Waals surface area contributed by atoms with Gasteiger partial charge in [-0.2, -0.15) is 10.5 Å². The molecule has 0 aromatic heterocycles. The van der Waals surface area contributed by atoms with Crippen molar-refractivity contribution in [1.82, 2.24) is 10.6 Å². The Kier molecular flexibility index (Phi) is 13.6. The molecule has 0 saturated heterocycles. The van der Waals surface area contributed by atoms with Gasteiger partial charge >= 0.3 is 0 Å². The van der Waals surface area contributed by atoms with Crippen LogP contribution in [0.25, 0.3) is 0 Å². The van der Waals surface area contributed by atoms with Crippen LogP contribution in [0.2, 0.25) is 0 Å². The van der Waals surface area contributed by atoms with E-state index in [2.05, 4.69) is 10.6 Å². The third kappa shape index (κ3) is 14.1. The summed E-state index contributed by atoms with van der Waals surface area (Å²) in [5, 5.41) is 23.0. The molecule has 0 rings (SSSR count). The average molecular weight is 326 g/mol. The molecular formula is C16H30N4O3. The van der Waals surface area contributed by atoms with Crippen molar-refractivity contribution in [1.29, 1.82) is 10.5 Å². The van der Waals surface area contributed by atoms with Crippen molar-refractivity contribution in [2.24, 2.45) is 0 Å². The lowest BCUT2D eigenvalue weighted by atomic mass is 10.3. The minimum atomic E-state index is -0.00949. The SMILES string of the molecule is CC(COC(C)COCC(C)OCC(C)NCC#N)NCC#N. The van der Waals surface area contributed by atoms with E-state index >= 15 is 0 Å². The van der Waals surface area contributed by atoms with Crippen LogP contribution in [0.1, 0.15) is 27.7 Å². The van der Waals surface area contributed by atoms with Crippen LogP contribution in [0, 0.1) is 22.7 Å². The van der Waals surface area contributed by atoms with Gasteiger partial charge in [0.25, 0.3) is 0 Å². The van der Waals surface area contributed by atoms with E-state index in [1.54, 1.807) is 0 Å². The number of hydrogen-bond donors (Lipinski definition) is 2. The summed E-state index contributed by atoms with van der Waals surface area (Å²) in [6.45, 7) is 10.6. The van der Waals surface area contributed by atoms with Crippen LogP contribution in [0.15, 0.2) is 0 Å². The highest BCUT2D eigenvalue weighted by Gasteiger charge is 2.09. The lowest BCUT2D eigenvalue weighted by Crippen LogP contribution is -2.34. The Hall–Kier alpha value is -1.22. The molecule has 4 atom stereocenters. The minimum Gasteiger partial charge on any atom is -0.376 e. The Balaban J connectivity index is 3.61. The number of hydrogen-bond acceptors (Lipinski definition) is 7. The third-order valence-corrected chi connectivity index (χ3v) is 3.03. The Bertz CT molecular complexity index is 333. The molecule has 0 spiro atoms. The van der Waals surface area contributed by atoms with Gasteiger partial charge in [-0.15, -0.1) is 0 Å². The van der Waals surface area contributed by atoms with Crippen LogP contribution < -0.4 is 10.6 Å². The second-order valence-electron chi connectivity index (χ2n) is 5.71. The zero-order chi connectivity index (χ0) is 17.5. The van der Waals surface area contributed by atoms with Crippen LogP contribution in [0.3, 0.4) is 0 Å². The molecule has 0 amide bonds. The van der Waals surface area contributed by atoms with Gasteiger partial charge in [0.1, 0.15) is 0 Å². The van der Waals surface area contributed by atoms with E-state index in [0.717, 1.165) is 0 Å². The number of nitrogens with zero attached hydrogens (tertiary/aromatic N) is 2. The first-order chi connectivity index (χ1) is 11.0. The Morgan fingerprint density at radius 1 is 0.739 bits per heavy atom. The molecule has 0 fully saturated rings. The summed E-state index contributed by atoms with van der Waals surface area (Å²) in [7, 11) is 0. The van der Waals surface area contributed by atoms with Crippen LogP contribution in [-0.2, 0) is 14.2 Å². The van der Waals surface area contributed by atoms with E-state index in [4.69, 9.17) is 24.7 Å². The van der Waals surface area contributed by atoms with Gasteiger partial charge in [0.15, 0.2) is 0 Å². The predicted molar refractivity (Wildman–Crippen MR) is 87.8 cm³/mol. The molecule has 0 aliphatic heterocycles. The molecule has 0 heterocycles. The maximum Gasteiger partial charge on any atom is 0.0843 e. The monoisotopic (exact) mass is 326 g/mol. The molecular weight excluding hydrogens is 296 g/mol. The zero-order valence-electron chi connectivity index (χ0n) is 14.7. The summed E-state index contributed by atoms with van der Waals surface area (Å²) in [6.07, 6.45) is -0.0190. The van der Waals surface area contributed by atoms with Gasteiger partial charge in [-0.05, 0) is 27.7 Å². The van der Waals surface area contributed by atoms with Gasteiger partial charge in [0.2, 0.25) is 0 Å². The van der Waals surface area contributed by atoms with Crippen molar-refractivity contribution in [2.45, 2.75) is 52.0 Å². The fourth-order valence-corrected chi connectivity index (χ4v) is 1.67. The first-order valence-corrected chi connectivity index (χ1v) is 8.01. The molecule has 0 saturated carbocycles. The van der Waals surface area contributed by atoms with E-state index in [-0.39, 0.29) is 24.3 Å². The van der Waals surface area contributed by atoms with E-state index in [1.165, 1.54) is 0 Å². The first-order valence-electron chi connectivity index (χ1n) is 8.01. The molecule has 2 N–H and O–H groups in total. The molecule has 0 aromatic rings. The molecule has 0 aliphatic rings. The maximum absolute atomic E-state index is 8.48. The van der Waals surface area contributed by atoms with Crippen molar-refractivity contribution in [2.75, 3.05) is 39.5 Å². The standard InChI is InChI=1S/C16H30N4O3/c1-13(19-7-5-17)9-22-15(3)11-21-12-16(4)23-10-14(2)20-8-6-18/h13-16,19-20H,7-12H2,1-4H3. The van der Waals surface area contributed by atoms with Crippen molar-refractivity contribution in [3.63, 3.8) is 0 Å². The smallest absolute Gasteiger partial charge is 0.0843 e. The Labute approximate surface area is 139 Å². The van der Waals surface area contributed by atoms with Crippen LogP contribution >= 0.6 is 0 Å². The summed E-state index contributed by atoms with van der Waals surface area (Å²) >= 11 is 0. The second-order valence-corrected chi connectivity index (χ2v) is 5.71. The molecule has 0 bridgehead atoms. The highest BCUT2D eigenvalue weighted by atomic mass is 16.6. The lowest BCUT2D eigenvalue weighted by Gasteiger charge is -2.20. The number of nitrogens with one attached hydrogen (secondary N) is 2. The summed E-state index contributed by atoms with van der Waals surface area (Å²) in [5.74, 6) is 0. The lowest BCUT2D eigenvalue weighted by molar-refractivity contribution is -0.0516. The normalized spacial score (nSPS) is 16.1.